The number of phenolic OH excluding ortho intramolecular Hbond substituents is 1. The number of phenols is 1. The number of para-hydroxylation sites is 1. The van der Waals surface area contributed by atoms with E-state index < -0.39 is 0 Å². The van der Waals surface area contributed by atoms with Crippen molar-refractivity contribution in [2.45, 2.75) is 52.4 Å². The molecule has 3 nitrogen and oxygen atoms in total. The molecule has 1 N–H and O–H groups in total. The zero-order chi connectivity index (χ0) is 20.4. The minimum absolute atomic E-state index is 0.225. The van der Waals surface area contributed by atoms with Gasteiger partial charge in [-0.15, -0.1) is 0 Å². The van der Waals surface area contributed by atoms with Crippen molar-refractivity contribution in [3.05, 3.63) is 53.1 Å². The van der Waals surface area contributed by atoms with Crippen molar-refractivity contribution in [3.8, 4) is 16.9 Å². The van der Waals surface area contributed by atoms with Crippen LogP contribution in [0.3, 0.4) is 0 Å². The zero-order valence-corrected chi connectivity index (χ0v) is 18.0. The van der Waals surface area contributed by atoms with Crippen molar-refractivity contribution >= 4 is 18.6 Å². The summed E-state index contributed by atoms with van der Waals surface area (Å²) in [6.07, 6.45) is 0. The van der Waals surface area contributed by atoms with Crippen molar-refractivity contribution in [1.29, 1.82) is 0 Å². The van der Waals surface area contributed by atoms with Gasteiger partial charge in [-0.3, -0.25) is 0 Å². The molecule has 0 aliphatic rings. The summed E-state index contributed by atoms with van der Waals surface area (Å²) in [7, 11) is 0. The van der Waals surface area contributed by atoms with Crippen molar-refractivity contribution in [2.75, 3.05) is 12.4 Å². The maximum Gasteiger partial charge on any atom is 0.338 e. The minimum atomic E-state index is -0.344. The Balaban J connectivity index is 2.85. The molecule has 0 aromatic heterocycles. The van der Waals surface area contributed by atoms with Crippen LogP contribution in [-0.4, -0.2) is 23.4 Å². The minimum Gasteiger partial charge on any atom is -0.507 e. The fraction of sp³-hybridized carbons (Fsp3) is 0.435. The summed E-state index contributed by atoms with van der Waals surface area (Å²) >= 11 is 4.11. The standard InChI is InChI=1S/C23H30O3S/c1-22(2,3)17-13-15(21(25)26-11-12-27)14-18(23(4,5)6)20(17)16-9-7-8-10-19(16)24/h7-10,13-14,24,27H,11-12H2,1-6H3. The highest BCUT2D eigenvalue weighted by atomic mass is 32.1. The first-order valence-electron chi connectivity index (χ1n) is 9.22. The number of rotatable bonds is 4. The van der Waals surface area contributed by atoms with E-state index in [0.717, 1.165) is 22.3 Å². The van der Waals surface area contributed by atoms with Crippen LogP contribution >= 0.6 is 12.6 Å². The Morgan fingerprint density at radius 3 is 1.96 bits per heavy atom. The number of thiol groups is 1. The van der Waals surface area contributed by atoms with E-state index in [0.29, 0.717) is 11.3 Å². The molecule has 146 valence electrons. The summed E-state index contributed by atoms with van der Waals surface area (Å²) in [6.45, 7) is 12.9. The molecule has 0 aliphatic heterocycles. The highest BCUT2D eigenvalue weighted by Crippen LogP contribution is 2.44. The van der Waals surface area contributed by atoms with Gasteiger partial charge >= 0.3 is 5.97 Å². The van der Waals surface area contributed by atoms with E-state index in [1.807, 2.05) is 30.3 Å². The Labute approximate surface area is 168 Å². The molecule has 4 heteroatoms. The zero-order valence-electron chi connectivity index (χ0n) is 17.1. The van der Waals surface area contributed by atoms with Crippen LogP contribution in [0.25, 0.3) is 11.1 Å². The summed E-state index contributed by atoms with van der Waals surface area (Å²) < 4.78 is 5.32. The van der Waals surface area contributed by atoms with Crippen molar-refractivity contribution < 1.29 is 14.6 Å². The third kappa shape index (κ3) is 4.86. The van der Waals surface area contributed by atoms with Crippen LogP contribution in [-0.2, 0) is 15.6 Å². The Morgan fingerprint density at radius 2 is 1.52 bits per heavy atom. The van der Waals surface area contributed by atoms with Gasteiger partial charge in [0.1, 0.15) is 12.4 Å². The molecule has 0 heterocycles. The maximum absolute atomic E-state index is 12.6. The van der Waals surface area contributed by atoms with Crippen LogP contribution in [0, 0.1) is 0 Å². The Bertz CT molecular complexity index is 791. The predicted molar refractivity (Wildman–Crippen MR) is 115 cm³/mol. The van der Waals surface area contributed by atoms with Gasteiger partial charge in [0.05, 0.1) is 5.56 Å². The smallest absolute Gasteiger partial charge is 0.338 e. The number of carbonyl (C=O) groups excluding carboxylic acids is 1. The number of hydrogen-bond donors (Lipinski definition) is 2. The third-order valence-electron chi connectivity index (χ3n) is 4.49. The average molecular weight is 387 g/mol. The molecule has 2 rings (SSSR count). The van der Waals surface area contributed by atoms with Crippen molar-refractivity contribution in [1.82, 2.24) is 0 Å². The van der Waals surface area contributed by atoms with Crippen LogP contribution in [0.4, 0.5) is 0 Å². The lowest BCUT2D eigenvalue weighted by Gasteiger charge is -2.31. The Morgan fingerprint density at radius 1 is 1.00 bits per heavy atom. The van der Waals surface area contributed by atoms with E-state index in [4.69, 9.17) is 4.74 Å². The largest absolute Gasteiger partial charge is 0.507 e. The number of carbonyl (C=O) groups is 1. The van der Waals surface area contributed by atoms with Gasteiger partial charge in [0.2, 0.25) is 0 Å². The van der Waals surface area contributed by atoms with Crippen LogP contribution in [0.2, 0.25) is 0 Å². The molecule has 0 atom stereocenters. The first kappa shape index (κ1) is 21.4. The summed E-state index contributed by atoms with van der Waals surface area (Å²) in [6, 6.07) is 11.2. The molecule has 2 aromatic rings. The van der Waals surface area contributed by atoms with E-state index >= 15 is 0 Å². The SMILES string of the molecule is CC(C)(C)c1cc(C(=O)OCCS)cc(C(C)(C)C)c1-c1ccccc1O. The monoisotopic (exact) mass is 386 g/mol. The Hall–Kier alpha value is -1.94. The molecular formula is C23H30O3S. The second-order valence-electron chi connectivity index (χ2n) is 8.82. The third-order valence-corrected chi connectivity index (χ3v) is 4.67. The predicted octanol–water partition coefficient (Wildman–Crippen LogP) is 5.74. The van der Waals surface area contributed by atoms with Gasteiger partial charge in [-0.2, -0.15) is 12.6 Å². The van der Waals surface area contributed by atoms with Gasteiger partial charge in [-0.1, -0.05) is 59.7 Å². The lowest BCUT2D eigenvalue weighted by atomic mass is 9.73. The van der Waals surface area contributed by atoms with Gasteiger partial charge in [0.15, 0.2) is 0 Å². The summed E-state index contributed by atoms with van der Waals surface area (Å²) in [5.74, 6) is 0.378. The molecular weight excluding hydrogens is 356 g/mol. The first-order chi connectivity index (χ1) is 12.5. The molecule has 0 radical (unpaired) electrons. The maximum atomic E-state index is 12.6. The normalized spacial score (nSPS) is 12.1. The van der Waals surface area contributed by atoms with Gasteiger partial charge in [0, 0.05) is 11.3 Å². The average Bonchev–Trinajstić information content (AvgIpc) is 2.57. The molecule has 2 aromatic carbocycles. The van der Waals surface area contributed by atoms with Crippen LogP contribution < -0.4 is 0 Å². The first-order valence-corrected chi connectivity index (χ1v) is 9.85. The molecule has 0 saturated carbocycles. The van der Waals surface area contributed by atoms with Crippen molar-refractivity contribution in [2.24, 2.45) is 0 Å². The Kier molecular flexibility index (Phi) is 6.31. The van der Waals surface area contributed by atoms with E-state index in [2.05, 4.69) is 54.2 Å². The molecule has 0 unspecified atom stereocenters. The molecule has 0 fully saturated rings. The molecule has 0 aliphatic carbocycles. The fourth-order valence-electron chi connectivity index (χ4n) is 3.14. The lowest BCUT2D eigenvalue weighted by Crippen LogP contribution is -2.21. The molecule has 0 amide bonds. The van der Waals surface area contributed by atoms with Crippen LogP contribution in [0.15, 0.2) is 36.4 Å². The van der Waals surface area contributed by atoms with E-state index in [-0.39, 0.29) is 29.2 Å². The van der Waals surface area contributed by atoms with Gasteiger partial charge in [0.25, 0.3) is 0 Å². The summed E-state index contributed by atoms with van der Waals surface area (Å²) in [5, 5.41) is 10.5. The fourth-order valence-corrected chi connectivity index (χ4v) is 3.23. The number of ether oxygens (including phenoxy) is 1. The molecule has 0 bridgehead atoms. The second-order valence-corrected chi connectivity index (χ2v) is 9.27. The quantitative estimate of drug-likeness (QED) is 0.520. The highest BCUT2D eigenvalue weighted by Gasteiger charge is 2.29. The summed E-state index contributed by atoms with van der Waals surface area (Å²) in [5.41, 5.74) is 3.87. The van der Waals surface area contributed by atoms with E-state index in [9.17, 15) is 9.90 Å². The topological polar surface area (TPSA) is 46.5 Å². The number of benzene rings is 2. The van der Waals surface area contributed by atoms with Gasteiger partial charge in [-0.05, 0) is 45.7 Å². The number of aromatic hydroxyl groups is 1. The summed E-state index contributed by atoms with van der Waals surface area (Å²) in [4.78, 5) is 12.6. The van der Waals surface area contributed by atoms with Crippen LogP contribution in [0.5, 0.6) is 5.75 Å². The van der Waals surface area contributed by atoms with Gasteiger partial charge < -0.3 is 9.84 Å². The van der Waals surface area contributed by atoms with E-state index in [1.54, 1.807) is 6.07 Å². The van der Waals surface area contributed by atoms with Gasteiger partial charge in [-0.25, -0.2) is 4.79 Å². The highest BCUT2D eigenvalue weighted by molar-refractivity contribution is 7.80. The number of esters is 1. The van der Waals surface area contributed by atoms with Crippen LogP contribution in [0.1, 0.15) is 63.0 Å². The molecule has 0 saturated heterocycles. The second kappa shape index (κ2) is 7.97. The van der Waals surface area contributed by atoms with E-state index in [1.165, 1.54) is 0 Å². The lowest BCUT2D eigenvalue weighted by molar-refractivity contribution is 0.0530. The molecule has 27 heavy (non-hydrogen) atoms. The van der Waals surface area contributed by atoms with Crippen molar-refractivity contribution in [3.63, 3.8) is 0 Å². The molecule has 0 spiro atoms. The number of hydrogen-bond acceptors (Lipinski definition) is 4.